The van der Waals surface area contributed by atoms with Crippen molar-refractivity contribution in [2.45, 2.75) is 4.90 Å². The van der Waals surface area contributed by atoms with Crippen LogP contribution in [0.15, 0.2) is 40.4 Å². The van der Waals surface area contributed by atoms with E-state index in [1.807, 2.05) is 0 Å². The van der Waals surface area contributed by atoms with Crippen LogP contribution >= 0.6 is 11.3 Å². The van der Waals surface area contributed by atoms with Crippen molar-refractivity contribution in [1.82, 2.24) is 13.9 Å². The summed E-state index contributed by atoms with van der Waals surface area (Å²) < 4.78 is 42.3. The number of thiazole rings is 1. The van der Waals surface area contributed by atoms with Gasteiger partial charge in [0.25, 0.3) is 15.9 Å². The molecule has 8 nitrogen and oxygen atoms in total. The quantitative estimate of drug-likeness (QED) is 0.677. The van der Waals surface area contributed by atoms with Crippen LogP contribution in [0.1, 0.15) is 5.69 Å². The SMILES string of the molecule is CN1C(C(=O)Nc2nccs2)=C(O)c2c(c3cccc(F)c3n2C)S1(=O)=O. The molecule has 0 aliphatic carbocycles. The van der Waals surface area contributed by atoms with E-state index in [9.17, 15) is 22.7 Å². The van der Waals surface area contributed by atoms with Crippen LogP contribution in [-0.4, -0.2) is 40.3 Å². The molecule has 1 aliphatic heterocycles. The Morgan fingerprint density at radius 3 is 2.74 bits per heavy atom. The highest BCUT2D eigenvalue weighted by Crippen LogP contribution is 2.41. The fourth-order valence-electron chi connectivity index (χ4n) is 3.17. The van der Waals surface area contributed by atoms with Crippen LogP contribution in [0.5, 0.6) is 0 Å². The number of amides is 1. The molecule has 27 heavy (non-hydrogen) atoms. The molecule has 2 aromatic heterocycles. The molecule has 1 amide bonds. The minimum atomic E-state index is -4.20. The first-order valence-corrected chi connectivity index (χ1v) is 9.97. The van der Waals surface area contributed by atoms with Gasteiger partial charge in [-0.3, -0.25) is 14.4 Å². The minimum absolute atomic E-state index is 0.0209. The summed E-state index contributed by atoms with van der Waals surface area (Å²) in [4.78, 5) is 16.3. The number of carbonyl (C=O) groups excluding carboxylic acids is 1. The van der Waals surface area contributed by atoms with Gasteiger partial charge in [0.15, 0.2) is 16.6 Å². The second-order valence-electron chi connectivity index (χ2n) is 5.83. The molecule has 140 valence electrons. The maximum absolute atomic E-state index is 14.3. The first kappa shape index (κ1) is 17.5. The normalized spacial score (nSPS) is 15.9. The number of nitrogens with one attached hydrogen (secondary N) is 1. The highest BCUT2D eigenvalue weighted by molar-refractivity contribution is 7.89. The summed E-state index contributed by atoms with van der Waals surface area (Å²) in [5, 5.41) is 15.2. The molecule has 0 atom stereocenters. The van der Waals surface area contributed by atoms with Crippen molar-refractivity contribution in [3.63, 3.8) is 0 Å². The molecule has 0 spiro atoms. The summed E-state index contributed by atoms with van der Waals surface area (Å²) in [5.74, 6) is -2.04. The Kier molecular flexibility index (Phi) is 3.75. The summed E-state index contributed by atoms with van der Waals surface area (Å²) >= 11 is 1.14. The van der Waals surface area contributed by atoms with E-state index in [-0.39, 0.29) is 26.6 Å². The smallest absolute Gasteiger partial charge is 0.278 e. The number of para-hydroxylation sites is 1. The Labute approximate surface area is 157 Å². The summed E-state index contributed by atoms with van der Waals surface area (Å²) in [5.41, 5.74) is -0.589. The summed E-state index contributed by atoms with van der Waals surface area (Å²) in [6.07, 6.45) is 1.47. The number of rotatable bonds is 2. The van der Waals surface area contributed by atoms with Crippen molar-refractivity contribution in [3.05, 3.63) is 47.0 Å². The number of hydrogen-bond acceptors (Lipinski definition) is 6. The molecule has 0 saturated carbocycles. The van der Waals surface area contributed by atoms with E-state index in [4.69, 9.17) is 0 Å². The number of aryl methyl sites for hydroxylation is 1. The van der Waals surface area contributed by atoms with Gasteiger partial charge in [-0.25, -0.2) is 17.8 Å². The summed E-state index contributed by atoms with van der Waals surface area (Å²) in [7, 11) is -1.61. The number of hydrogen-bond donors (Lipinski definition) is 2. The molecular weight excluding hydrogens is 395 g/mol. The van der Waals surface area contributed by atoms with E-state index >= 15 is 0 Å². The number of sulfonamides is 1. The highest BCUT2D eigenvalue weighted by atomic mass is 32.2. The van der Waals surface area contributed by atoms with Gasteiger partial charge >= 0.3 is 0 Å². The first-order valence-electron chi connectivity index (χ1n) is 7.65. The standard InChI is InChI=1S/C16H13FN4O4S2/c1-20-10-8(4-3-5-9(10)17)14-11(20)13(22)12(21(2)27(14,24)25)15(23)19-16-18-6-7-26-16/h3-7,22H,1-2H3,(H,18,19,23). The number of anilines is 1. The number of benzene rings is 1. The molecule has 3 heterocycles. The average molecular weight is 408 g/mol. The molecule has 11 heteroatoms. The molecule has 1 aromatic carbocycles. The molecule has 3 aromatic rings. The Morgan fingerprint density at radius 1 is 1.33 bits per heavy atom. The Balaban J connectivity index is 2.01. The van der Waals surface area contributed by atoms with Gasteiger partial charge in [-0.15, -0.1) is 11.3 Å². The number of likely N-dealkylation sites (N-methyl/N-ethyl adjacent to an activating group) is 1. The van der Waals surface area contributed by atoms with Crippen LogP contribution in [-0.2, 0) is 21.9 Å². The van der Waals surface area contributed by atoms with Crippen molar-refractivity contribution in [1.29, 1.82) is 0 Å². The highest BCUT2D eigenvalue weighted by Gasteiger charge is 2.42. The van der Waals surface area contributed by atoms with Crippen molar-refractivity contribution < 1.29 is 22.7 Å². The Bertz CT molecular complexity index is 1230. The van der Waals surface area contributed by atoms with E-state index in [2.05, 4.69) is 10.3 Å². The molecule has 0 radical (unpaired) electrons. The molecule has 0 saturated heterocycles. The van der Waals surface area contributed by atoms with E-state index in [0.29, 0.717) is 4.31 Å². The molecular formula is C16H13FN4O4S2. The lowest BCUT2D eigenvalue weighted by Crippen LogP contribution is -2.37. The fraction of sp³-hybridized carbons (Fsp3) is 0.125. The predicted molar refractivity (Wildman–Crippen MR) is 98.1 cm³/mol. The second-order valence-corrected chi connectivity index (χ2v) is 8.63. The number of aliphatic hydroxyl groups excluding tert-OH is 1. The van der Waals surface area contributed by atoms with E-state index < -0.39 is 33.2 Å². The van der Waals surface area contributed by atoms with Crippen LogP contribution < -0.4 is 5.32 Å². The van der Waals surface area contributed by atoms with E-state index in [1.54, 1.807) is 5.38 Å². The lowest BCUT2D eigenvalue weighted by atomic mass is 10.2. The molecule has 4 rings (SSSR count). The van der Waals surface area contributed by atoms with Gasteiger partial charge in [0, 0.05) is 31.1 Å². The lowest BCUT2D eigenvalue weighted by molar-refractivity contribution is -0.113. The fourth-order valence-corrected chi connectivity index (χ4v) is 5.30. The van der Waals surface area contributed by atoms with Gasteiger partial charge in [0.05, 0.1) is 5.52 Å². The van der Waals surface area contributed by atoms with Crippen LogP contribution in [0.4, 0.5) is 9.52 Å². The topological polar surface area (TPSA) is 105 Å². The first-order chi connectivity index (χ1) is 12.7. The molecule has 0 bridgehead atoms. The molecule has 1 aliphatic rings. The predicted octanol–water partition coefficient (Wildman–Crippen LogP) is 2.27. The zero-order chi connectivity index (χ0) is 19.5. The maximum atomic E-state index is 14.3. The van der Waals surface area contributed by atoms with Crippen molar-refractivity contribution in [2.75, 3.05) is 12.4 Å². The number of aliphatic hydroxyl groups is 1. The lowest BCUT2D eigenvalue weighted by Gasteiger charge is -2.27. The van der Waals surface area contributed by atoms with Gasteiger partial charge in [-0.05, 0) is 6.07 Å². The van der Waals surface area contributed by atoms with Crippen molar-refractivity contribution in [3.8, 4) is 0 Å². The van der Waals surface area contributed by atoms with Gasteiger partial charge in [-0.2, -0.15) is 0 Å². The molecule has 0 unspecified atom stereocenters. The molecule has 2 N–H and O–H groups in total. The van der Waals surface area contributed by atoms with Gasteiger partial charge in [0.2, 0.25) is 0 Å². The Morgan fingerprint density at radius 2 is 2.07 bits per heavy atom. The molecule has 0 fully saturated rings. The van der Waals surface area contributed by atoms with Crippen LogP contribution in [0.2, 0.25) is 0 Å². The van der Waals surface area contributed by atoms with Crippen LogP contribution in [0, 0.1) is 5.82 Å². The monoisotopic (exact) mass is 408 g/mol. The number of nitrogens with zero attached hydrogens (tertiary/aromatic N) is 3. The third-order valence-corrected chi connectivity index (χ3v) is 6.89. The average Bonchev–Trinajstić information content (AvgIpc) is 3.20. The second kappa shape index (κ2) is 5.79. The van der Waals surface area contributed by atoms with Gasteiger partial charge in [0.1, 0.15) is 16.4 Å². The zero-order valence-electron chi connectivity index (χ0n) is 14.1. The third kappa shape index (κ3) is 2.35. The number of fused-ring (bicyclic) bond motifs is 3. The van der Waals surface area contributed by atoms with Crippen molar-refractivity contribution in [2.24, 2.45) is 7.05 Å². The van der Waals surface area contributed by atoms with Crippen LogP contribution in [0.3, 0.4) is 0 Å². The van der Waals surface area contributed by atoms with Crippen molar-refractivity contribution >= 4 is 49.1 Å². The van der Waals surface area contributed by atoms with Crippen LogP contribution in [0.25, 0.3) is 16.7 Å². The Hall–Kier alpha value is -2.92. The van der Waals surface area contributed by atoms with Gasteiger partial charge < -0.3 is 9.67 Å². The van der Waals surface area contributed by atoms with E-state index in [1.165, 1.54) is 36.0 Å². The third-order valence-electron chi connectivity index (χ3n) is 4.37. The maximum Gasteiger partial charge on any atom is 0.278 e. The number of aromatic nitrogens is 2. The number of halogens is 1. The largest absolute Gasteiger partial charge is 0.504 e. The summed E-state index contributed by atoms with van der Waals surface area (Å²) in [6.45, 7) is 0. The van der Waals surface area contributed by atoms with Gasteiger partial charge in [-0.1, -0.05) is 12.1 Å². The summed E-state index contributed by atoms with van der Waals surface area (Å²) in [6, 6.07) is 4.04. The zero-order valence-corrected chi connectivity index (χ0v) is 15.7. The van der Waals surface area contributed by atoms with E-state index in [0.717, 1.165) is 18.4 Å². The number of carbonyl (C=O) groups is 1. The minimum Gasteiger partial charge on any atom is -0.504 e.